The molecule has 122 valence electrons. The second-order valence-electron chi connectivity index (χ2n) is 5.32. The van der Waals surface area contributed by atoms with E-state index in [2.05, 4.69) is 5.32 Å². The molecular formula is C15H21NO6. The first-order valence-electron chi connectivity index (χ1n) is 7.06. The Morgan fingerprint density at radius 1 is 1.32 bits per heavy atom. The number of ether oxygens (including phenoxy) is 2. The zero-order valence-corrected chi connectivity index (χ0v) is 12.5. The lowest BCUT2D eigenvalue weighted by atomic mass is 9.97. The fraction of sp³-hybridized carbons (Fsp3) is 0.533. The van der Waals surface area contributed by atoms with Gasteiger partial charge in [0, 0.05) is 6.92 Å². The summed E-state index contributed by atoms with van der Waals surface area (Å²) in [5.41, 5.74) is 0.855. The average Bonchev–Trinajstić information content (AvgIpc) is 2.48. The Bertz CT molecular complexity index is 523. The van der Waals surface area contributed by atoms with E-state index in [-0.39, 0.29) is 5.91 Å². The van der Waals surface area contributed by atoms with Gasteiger partial charge in [-0.2, -0.15) is 0 Å². The van der Waals surface area contributed by atoms with Crippen molar-refractivity contribution in [2.24, 2.45) is 0 Å². The van der Waals surface area contributed by atoms with Crippen molar-refractivity contribution < 1.29 is 29.6 Å². The molecule has 22 heavy (non-hydrogen) atoms. The monoisotopic (exact) mass is 311 g/mol. The molecule has 0 unspecified atom stereocenters. The number of nitrogens with one attached hydrogen (secondary N) is 1. The molecule has 1 aliphatic rings. The van der Waals surface area contributed by atoms with E-state index in [0.717, 1.165) is 5.56 Å². The average molecular weight is 311 g/mol. The van der Waals surface area contributed by atoms with Crippen molar-refractivity contribution >= 4 is 5.91 Å². The van der Waals surface area contributed by atoms with Gasteiger partial charge in [0.05, 0.1) is 6.61 Å². The first-order chi connectivity index (χ1) is 10.4. The van der Waals surface area contributed by atoms with Crippen LogP contribution < -0.4 is 10.1 Å². The summed E-state index contributed by atoms with van der Waals surface area (Å²) in [6, 6.07) is 6.27. The van der Waals surface area contributed by atoms with Crippen LogP contribution in [0.15, 0.2) is 24.3 Å². The van der Waals surface area contributed by atoms with Crippen molar-refractivity contribution in [3.8, 4) is 5.75 Å². The summed E-state index contributed by atoms with van der Waals surface area (Å²) in [5.74, 6) is 0.142. The van der Waals surface area contributed by atoms with Gasteiger partial charge < -0.3 is 30.1 Å². The molecule has 7 heteroatoms. The van der Waals surface area contributed by atoms with Gasteiger partial charge in [-0.15, -0.1) is 0 Å². The lowest BCUT2D eigenvalue weighted by Crippen LogP contribution is -2.65. The van der Waals surface area contributed by atoms with Gasteiger partial charge in [-0.05, 0) is 18.6 Å². The van der Waals surface area contributed by atoms with Gasteiger partial charge >= 0.3 is 0 Å². The van der Waals surface area contributed by atoms with Crippen molar-refractivity contribution in [3.63, 3.8) is 0 Å². The molecule has 0 bridgehead atoms. The van der Waals surface area contributed by atoms with Crippen LogP contribution in [0.4, 0.5) is 0 Å². The Labute approximate surface area is 128 Å². The summed E-state index contributed by atoms with van der Waals surface area (Å²) in [6.45, 7) is 2.67. The molecule has 1 heterocycles. The quantitative estimate of drug-likeness (QED) is 0.587. The van der Waals surface area contributed by atoms with Crippen LogP contribution in [0.25, 0.3) is 0 Å². The highest BCUT2D eigenvalue weighted by Crippen LogP contribution is 2.26. The molecule has 1 aliphatic heterocycles. The highest BCUT2D eigenvalue weighted by atomic mass is 16.7. The van der Waals surface area contributed by atoms with E-state index in [0.29, 0.717) is 5.75 Å². The molecule has 0 radical (unpaired) electrons. The minimum Gasteiger partial charge on any atom is -0.462 e. The Morgan fingerprint density at radius 2 is 2.00 bits per heavy atom. The van der Waals surface area contributed by atoms with Crippen molar-refractivity contribution in [2.75, 3.05) is 6.61 Å². The summed E-state index contributed by atoms with van der Waals surface area (Å²) in [7, 11) is 0. The number of aliphatic hydroxyl groups is 3. The minimum absolute atomic E-state index is 0.388. The molecule has 1 amide bonds. The molecule has 4 N–H and O–H groups in total. The first-order valence-corrected chi connectivity index (χ1v) is 7.06. The maximum atomic E-state index is 11.3. The number of benzene rings is 1. The van der Waals surface area contributed by atoms with E-state index < -0.39 is 37.3 Å². The van der Waals surface area contributed by atoms with Crippen LogP contribution in [0.5, 0.6) is 5.75 Å². The van der Waals surface area contributed by atoms with Gasteiger partial charge in [-0.25, -0.2) is 0 Å². The van der Waals surface area contributed by atoms with Gasteiger partial charge in [0.15, 0.2) is 0 Å². The third-order valence-electron chi connectivity index (χ3n) is 3.59. The highest BCUT2D eigenvalue weighted by molar-refractivity contribution is 5.73. The standard InChI is InChI=1S/C15H21NO6/c1-8-5-3-4-6-10(8)21-15-12(16-9(2)18)14(20)13(19)11(7-17)22-15/h3-6,11-15,17,19-20H,7H2,1-2H3,(H,16,18)/t11-,12+,13-,14+,15-/m1/s1. The van der Waals surface area contributed by atoms with Crippen LogP contribution >= 0.6 is 0 Å². The molecule has 1 saturated heterocycles. The fourth-order valence-electron chi connectivity index (χ4n) is 2.38. The predicted molar refractivity (Wildman–Crippen MR) is 77.2 cm³/mol. The van der Waals surface area contributed by atoms with Crippen LogP contribution in [0.1, 0.15) is 12.5 Å². The summed E-state index contributed by atoms with van der Waals surface area (Å²) in [6.07, 6.45) is -4.66. The Hall–Kier alpha value is -1.67. The van der Waals surface area contributed by atoms with Gasteiger partial charge in [0.1, 0.15) is 30.1 Å². The number of aryl methyl sites for hydroxylation is 1. The molecule has 0 aliphatic carbocycles. The third kappa shape index (κ3) is 3.56. The van der Waals surface area contributed by atoms with Gasteiger partial charge in [-0.1, -0.05) is 18.2 Å². The minimum atomic E-state index is -1.32. The number of carbonyl (C=O) groups is 1. The summed E-state index contributed by atoms with van der Waals surface area (Å²) >= 11 is 0. The lowest BCUT2D eigenvalue weighted by Gasteiger charge is -2.42. The Kier molecular flexibility index (Phi) is 5.36. The van der Waals surface area contributed by atoms with E-state index in [1.165, 1.54) is 6.92 Å². The number of para-hydroxylation sites is 1. The van der Waals surface area contributed by atoms with E-state index in [9.17, 15) is 20.1 Å². The van der Waals surface area contributed by atoms with Gasteiger partial charge in [0.25, 0.3) is 0 Å². The molecule has 0 spiro atoms. The van der Waals surface area contributed by atoms with Crippen LogP contribution in [0.2, 0.25) is 0 Å². The fourth-order valence-corrected chi connectivity index (χ4v) is 2.38. The van der Waals surface area contributed by atoms with Crippen LogP contribution in [-0.4, -0.2) is 58.5 Å². The van der Waals surface area contributed by atoms with Crippen molar-refractivity contribution in [1.29, 1.82) is 0 Å². The summed E-state index contributed by atoms with van der Waals surface area (Å²) in [5, 5.41) is 31.8. The normalized spacial score (nSPS) is 31.6. The number of aliphatic hydroxyl groups excluding tert-OH is 3. The van der Waals surface area contributed by atoms with E-state index in [1.807, 2.05) is 19.1 Å². The van der Waals surface area contributed by atoms with Crippen molar-refractivity contribution in [2.45, 2.75) is 44.5 Å². The summed E-state index contributed by atoms with van der Waals surface area (Å²) in [4.78, 5) is 11.3. The molecule has 0 saturated carbocycles. The Balaban J connectivity index is 2.23. The molecule has 1 aromatic rings. The molecule has 1 fully saturated rings. The van der Waals surface area contributed by atoms with Gasteiger partial charge in [0.2, 0.25) is 12.2 Å². The largest absolute Gasteiger partial charge is 0.462 e. The maximum Gasteiger partial charge on any atom is 0.223 e. The molecule has 7 nitrogen and oxygen atoms in total. The highest BCUT2D eigenvalue weighted by Gasteiger charge is 2.46. The van der Waals surface area contributed by atoms with Crippen molar-refractivity contribution in [3.05, 3.63) is 29.8 Å². The number of amides is 1. The zero-order valence-electron chi connectivity index (χ0n) is 12.5. The van der Waals surface area contributed by atoms with E-state index in [4.69, 9.17) is 9.47 Å². The SMILES string of the molecule is CC(=O)N[C@@H]1[C@H](Oc2ccccc2C)O[C@H](CO)[C@@H](O)[C@H]1O. The maximum absolute atomic E-state index is 11.3. The topological polar surface area (TPSA) is 108 Å². The summed E-state index contributed by atoms with van der Waals surface area (Å²) < 4.78 is 11.2. The number of hydrogen-bond acceptors (Lipinski definition) is 6. The second kappa shape index (κ2) is 7.06. The van der Waals surface area contributed by atoms with E-state index in [1.54, 1.807) is 12.1 Å². The molecule has 0 aromatic heterocycles. The first kappa shape index (κ1) is 16.7. The van der Waals surface area contributed by atoms with Crippen LogP contribution in [-0.2, 0) is 9.53 Å². The third-order valence-corrected chi connectivity index (χ3v) is 3.59. The molecule has 5 atom stereocenters. The lowest BCUT2D eigenvalue weighted by molar-refractivity contribution is -0.244. The Morgan fingerprint density at radius 3 is 2.59 bits per heavy atom. The van der Waals surface area contributed by atoms with Crippen molar-refractivity contribution in [1.82, 2.24) is 5.32 Å². The number of rotatable bonds is 4. The molecule has 2 rings (SSSR count). The second-order valence-corrected chi connectivity index (χ2v) is 5.32. The zero-order chi connectivity index (χ0) is 16.3. The molecular weight excluding hydrogens is 290 g/mol. The number of carbonyl (C=O) groups excluding carboxylic acids is 1. The molecule has 1 aromatic carbocycles. The van der Waals surface area contributed by atoms with Crippen LogP contribution in [0, 0.1) is 6.92 Å². The number of hydrogen-bond donors (Lipinski definition) is 4. The predicted octanol–water partition coefficient (Wildman–Crippen LogP) is -0.682. The smallest absolute Gasteiger partial charge is 0.223 e. The van der Waals surface area contributed by atoms with Crippen LogP contribution in [0.3, 0.4) is 0 Å². The van der Waals surface area contributed by atoms with Gasteiger partial charge in [-0.3, -0.25) is 4.79 Å². The van der Waals surface area contributed by atoms with E-state index >= 15 is 0 Å².